The fraction of sp³-hybridized carbons (Fsp3) is 0.158. The molecule has 0 bridgehead atoms. The van der Waals surface area contributed by atoms with Gasteiger partial charge in [0.2, 0.25) is 0 Å². The Labute approximate surface area is 144 Å². The van der Waals surface area contributed by atoms with Crippen molar-refractivity contribution in [1.82, 2.24) is 9.78 Å². The van der Waals surface area contributed by atoms with E-state index in [2.05, 4.69) is 5.10 Å². The third-order valence-corrected chi connectivity index (χ3v) is 4.39. The van der Waals surface area contributed by atoms with Gasteiger partial charge in [0.05, 0.1) is 12.2 Å². The lowest BCUT2D eigenvalue weighted by molar-refractivity contribution is 0.573. The Morgan fingerprint density at radius 1 is 1.08 bits per heavy atom. The number of hydrogen-bond donors (Lipinski definition) is 0. The highest BCUT2D eigenvalue weighted by atomic mass is 35.5. The molecule has 3 rings (SSSR count). The highest BCUT2D eigenvalue weighted by molar-refractivity contribution is 6.31. The zero-order valence-electron chi connectivity index (χ0n) is 13.4. The molecule has 0 aliphatic heterocycles. The Morgan fingerprint density at radius 3 is 2.58 bits per heavy atom. The van der Waals surface area contributed by atoms with Gasteiger partial charge in [-0.3, -0.25) is 4.79 Å². The minimum Gasteiger partial charge on any atom is -0.268 e. The normalized spacial score (nSPS) is 10.8. The van der Waals surface area contributed by atoms with Crippen LogP contribution in [0.15, 0.2) is 53.3 Å². The topological polar surface area (TPSA) is 34.9 Å². The highest BCUT2D eigenvalue weighted by Gasteiger charge is 2.11. The lowest BCUT2D eigenvalue weighted by Gasteiger charge is -2.10. The molecule has 0 atom stereocenters. The maximum atomic E-state index is 14.0. The monoisotopic (exact) mass is 342 g/mol. The molecule has 3 nitrogen and oxygen atoms in total. The Kier molecular flexibility index (Phi) is 4.49. The van der Waals surface area contributed by atoms with Gasteiger partial charge in [-0.2, -0.15) is 5.10 Å². The first kappa shape index (κ1) is 16.4. The molecule has 0 aliphatic carbocycles. The van der Waals surface area contributed by atoms with Gasteiger partial charge in [-0.1, -0.05) is 29.8 Å². The number of rotatable bonds is 3. The molecule has 1 aromatic heterocycles. The third-order valence-electron chi connectivity index (χ3n) is 4.04. The van der Waals surface area contributed by atoms with E-state index < -0.39 is 5.82 Å². The Bertz CT molecular complexity index is 946. The largest absolute Gasteiger partial charge is 0.268 e. The van der Waals surface area contributed by atoms with E-state index in [0.717, 1.165) is 11.1 Å². The van der Waals surface area contributed by atoms with Crippen LogP contribution in [0.2, 0.25) is 5.02 Å². The van der Waals surface area contributed by atoms with Crippen LogP contribution in [0.3, 0.4) is 0 Å². The summed E-state index contributed by atoms with van der Waals surface area (Å²) in [6, 6.07) is 13.5. The molecule has 0 aliphatic rings. The van der Waals surface area contributed by atoms with Crippen LogP contribution in [0.5, 0.6) is 0 Å². The zero-order valence-corrected chi connectivity index (χ0v) is 14.1. The first-order chi connectivity index (χ1) is 11.5. The minimum atomic E-state index is -0.451. The van der Waals surface area contributed by atoms with Crippen LogP contribution in [0.1, 0.15) is 16.7 Å². The van der Waals surface area contributed by atoms with E-state index in [1.165, 1.54) is 28.4 Å². The Hall–Kier alpha value is -2.46. The molecule has 0 fully saturated rings. The lowest BCUT2D eigenvalue weighted by atomic mass is 10.0. The second-order valence-electron chi connectivity index (χ2n) is 5.71. The summed E-state index contributed by atoms with van der Waals surface area (Å²) < 4.78 is 15.2. The number of nitrogens with zero attached hydrogens (tertiary/aromatic N) is 2. The molecule has 0 spiro atoms. The maximum absolute atomic E-state index is 14.0. The zero-order chi connectivity index (χ0) is 17.3. The van der Waals surface area contributed by atoms with Crippen molar-refractivity contribution in [2.24, 2.45) is 0 Å². The van der Waals surface area contributed by atoms with Crippen molar-refractivity contribution in [2.45, 2.75) is 20.4 Å². The molecule has 122 valence electrons. The second kappa shape index (κ2) is 6.57. The van der Waals surface area contributed by atoms with E-state index in [4.69, 9.17) is 11.6 Å². The van der Waals surface area contributed by atoms with E-state index in [1.54, 1.807) is 12.1 Å². The number of hydrogen-bond acceptors (Lipinski definition) is 2. The summed E-state index contributed by atoms with van der Waals surface area (Å²) in [7, 11) is 0. The number of benzene rings is 2. The predicted octanol–water partition coefficient (Wildman–Crippen LogP) is 4.37. The van der Waals surface area contributed by atoms with Crippen molar-refractivity contribution >= 4 is 11.6 Å². The van der Waals surface area contributed by atoms with Crippen LogP contribution < -0.4 is 5.56 Å². The Balaban J connectivity index is 2.03. The van der Waals surface area contributed by atoms with E-state index in [1.807, 2.05) is 32.0 Å². The molecule has 1 heterocycles. The molecule has 0 amide bonds. The molecule has 0 radical (unpaired) electrons. The summed E-state index contributed by atoms with van der Waals surface area (Å²) in [5, 5.41) is 4.65. The molecule has 24 heavy (non-hydrogen) atoms. The Morgan fingerprint density at radius 2 is 1.88 bits per heavy atom. The number of aryl methyl sites for hydroxylation is 2. The van der Waals surface area contributed by atoms with Crippen LogP contribution >= 0.6 is 11.6 Å². The second-order valence-corrected chi connectivity index (χ2v) is 6.12. The molecular formula is C19H16ClFN2O. The van der Waals surface area contributed by atoms with Gasteiger partial charge in [-0.05, 0) is 49.2 Å². The predicted molar refractivity (Wildman–Crippen MR) is 93.9 cm³/mol. The van der Waals surface area contributed by atoms with Crippen LogP contribution in [0.25, 0.3) is 11.3 Å². The van der Waals surface area contributed by atoms with E-state index >= 15 is 0 Å². The first-order valence-corrected chi connectivity index (χ1v) is 7.92. The van der Waals surface area contributed by atoms with Gasteiger partial charge in [-0.15, -0.1) is 0 Å². The number of aromatic nitrogens is 2. The van der Waals surface area contributed by atoms with Gasteiger partial charge in [0.15, 0.2) is 0 Å². The van der Waals surface area contributed by atoms with Gasteiger partial charge in [0, 0.05) is 22.2 Å². The molecule has 0 saturated carbocycles. The summed E-state index contributed by atoms with van der Waals surface area (Å²) in [5.74, 6) is -0.451. The molecule has 0 saturated heterocycles. The van der Waals surface area contributed by atoms with Crippen molar-refractivity contribution in [3.63, 3.8) is 0 Å². The van der Waals surface area contributed by atoms with Crippen LogP contribution in [0.4, 0.5) is 4.39 Å². The maximum Gasteiger partial charge on any atom is 0.267 e. The van der Waals surface area contributed by atoms with Crippen LogP contribution in [-0.4, -0.2) is 9.78 Å². The van der Waals surface area contributed by atoms with Crippen molar-refractivity contribution in [2.75, 3.05) is 0 Å². The smallest absolute Gasteiger partial charge is 0.267 e. The van der Waals surface area contributed by atoms with Crippen molar-refractivity contribution in [1.29, 1.82) is 0 Å². The van der Waals surface area contributed by atoms with Crippen molar-refractivity contribution < 1.29 is 4.39 Å². The van der Waals surface area contributed by atoms with Crippen LogP contribution in [0, 0.1) is 19.7 Å². The standard InChI is InChI=1S/C19H16ClFN2O/c1-12-6-7-14(10-13(12)2)18-8-9-19(24)23(22-18)11-15-16(20)4-3-5-17(15)21/h3-10H,11H2,1-2H3. The van der Waals surface area contributed by atoms with Gasteiger partial charge >= 0.3 is 0 Å². The summed E-state index contributed by atoms with van der Waals surface area (Å²) >= 11 is 6.04. The molecule has 0 unspecified atom stereocenters. The fourth-order valence-electron chi connectivity index (χ4n) is 2.45. The van der Waals surface area contributed by atoms with E-state index in [-0.39, 0.29) is 22.7 Å². The third kappa shape index (κ3) is 3.24. The fourth-order valence-corrected chi connectivity index (χ4v) is 2.67. The summed E-state index contributed by atoms with van der Waals surface area (Å²) in [5.41, 5.74) is 3.85. The molecule has 5 heteroatoms. The summed E-state index contributed by atoms with van der Waals surface area (Å²) in [6.07, 6.45) is 0. The highest BCUT2D eigenvalue weighted by Crippen LogP contribution is 2.21. The van der Waals surface area contributed by atoms with Gasteiger partial charge in [0.25, 0.3) is 5.56 Å². The average Bonchev–Trinajstić information content (AvgIpc) is 2.55. The molecule has 2 aromatic carbocycles. The summed E-state index contributed by atoms with van der Waals surface area (Å²) in [4.78, 5) is 12.1. The average molecular weight is 343 g/mol. The van der Waals surface area contributed by atoms with Gasteiger partial charge < -0.3 is 0 Å². The quantitative estimate of drug-likeness (QED) is 0.708. The lowest BCUT2D eigenvalue weighted by Crippen LogP contribution is -2.23. The SMILES string of the molecule is Cc1ccc(-c2ccc(=O)n(Cc3c(F)cccc3Cl)n2)cc1C. The summed E-state index contributed by atoms with van der Waals surface area (Å²) in [6.45, 7) is 4.05. The molecule has 0 N–H and O–H groups in total. The van der Waals surface area contributed by atoms with E-state index in [0.29, 0.717) is 5.69 Å². The van der Waals surface area contributed by atoms with E-state index in [9.17, 15) is 9.18 Å². The van der Waals surface area contributed by atoms with Gasteiger partial charge in [0.1, 0.15) is 5.82 Å². The number of halogens is 2. The van der Waals surface area contributed by atoms with Crippen molar-refractivity contribution in [3.05, 3.63) is 86.4 Å². The van der Waals surface area contributed by atoms with Gasteiger partial charge in [-0.25, -0.2) is 9.07 Å². The molecule has 3 aromatic rings. The minimum absolute atomic E-state index is 0.0109. The first-order valence-electron chi connectivity index (χ1n) is 7.54. The molecular weight excluding hydrogens is 327 g/mol. The van der Waals surface area contributed by atoms with Crippen molar-refractivity contribution in [3.8, 4) is 11.3 Å². The van der Waals surface area contributed by atoms with Crippen LogP contribution in [-0.2, 0) is 6.54 Å².